The van der Waals surface area contributed by atoms with Gasteiger partial charge in [0.25, 0.3) is 10.0 Å². The van der Waals surface area contributed by atoms with Crippen molar-refractivity contribution in [1.82, 2.24) is 10.2 Å². The lowest BCUT2D eigenvalue weighted by molar-refractivity contribution is -0.140. The van der Waals surface area contributed by atoms with Crippen molar-refractivity contribution < 1.29 is 27.1 Å². The first-order valence-electron chi connectivity index (χ1n) is 15.4. The van der Waals surface area contributed by atoms with Crippen molar-refractivity contribution in [2.45, 2.75) is 57.1 Å². The Hall–Kier alpha value is -4.41. The normalized spacial score (nSPS) is 12.5. The van der Waals surface area contributed by atoms with Crippen LogP contribution in [0.4, 0.5) is 10.1 Å². The molecule has 248 valence electrons. The number of benzene rings is 4. The van der Waals surface area contributed by atoms with Crippen molar-refractivity contribution >= 4 is 39.1 Å². The molecule has 0 aliphatic rings. The van der Waals surface area contributed by atoms with Crippen LogP contribution in [0.25, 0.3) is 0 Å². The van der Waals surface area contributed by atoms with Gasteiger partial charge < -0.3 is 15.0 Å². The predicted molar refractivity (Wildman–Crippen MR) is 182 cm³/mol. The van der Waals surface area contributed by atoms with Gasteiger partial charge in [-0.25, -0.2) is 12.8 Å². The molecule has 2 amide bonds. The van der Waals surface area contributed by atoms with Crippen LogP contribution in [0.3, 0.4) is 0 Å². The van der Waals surface area contributed by atoms with E-state index in [1.807, 2.05) is 51.1 Å². The van der Waals surface area contributed by atoms with Crippen LogP contribution in [0, 0.1) is 5.82 Å². The van der Waals surface area contributed by atoms with Crippen LogP contribution in [-0.4, -0.2) is 50.4 Å². The van der Waals surface area contributed by atoms with Gasteiger partial charge in [0, 0.05) is 24.0 Å². The van der Waals surface area contributed by atoms with Gasteiger partial charge in [0.1, 0.15) is 24.2 Å². The molecule has 8 nitrogen and oxygen atoms in total. The van der Waals surface area contributed by atoms with Crippen molar-refractivity contribution in [2.75, 3.05) is 17.5 Å². The number of ether oxygens (including phenoxy) is 1. The molecule has 0 saturated heterocycles. The van der Waals surface area contributed by atoms with E-state index in [9.17, 15) is 22.4 Å². The highest BCUT2D eigenvalue weighted by atomic mass is 35.5. The maximum absolute atomic E-state index is 14.5. The summed E-state index contributed by atoms with van der Waals surface area (Å²) in [5, 5.41) is 3.46. The van der Waals surface area contributed by atoms with E-state index in [1.165, 1.54) is 17.0 Å². The Balaban J connectivity index is 1.81. The zero-order valence-electron chi connectivity index (χ0n) is 26.6. The Morgan fingerprint density at radius 1 is 0.894 bits per heavy atom. The van der Waals surface area contributed by atoms with Crippen LogP contribution in [0.5, 0.6) is 5.75 Å². The predicted octanol–water partition coefficient (Wildman–Crippen LogP) is 6.63. The Labute approximate surface area is 281 Å². The Morgan fingerprint density at radius 3 is 2.17 bits per heavy atom. The largest absolute Gasteiger partial charge is 0.494 e. The zero-order valence-corrected chi connectivity index (χ0v) is 28.2. The molecule has 0 radical (unpaired) electrons. The highest BCUT2D eigenvalue weighted by molar-refractivity contribution is 7.92. The van der Waals surface area contributed by atoms with Gasteiger partial charge in [-0.3, -0.25) is 13.9 Å². The molecule has 4 aromatic rings. The van der Waals surface area contributed by atoms with Gasteiger partial charge in [0.2, 0.25) is 11.8 Å². The van der Waals surface area contributed by atoms with Gasteiger partial charge in [-0.05, 0) is 92.1 Å². The molecule has 0 fully saturated rings. The van der Waals surface area contributed by atoms with E-state index in [-0.39, 0.29) is 35.5 Å². The summed E-state index contributed by atoms with van der Waals surface area (Å²) in [6, 6.07) is 25.8. The van der Waals surface area contributed by atoms with Crippen molar-refractivity contribution in [3.63, 3.8) is 0 Å². The number of carbonyl (C=O) groups is 2. The minimum atomic E-state index is -4.38. The van der Waals surface area contributed by atoms with Gasteiger partial charge in [0.15, 0.2) is 0 Å². The van der Waals surface area contributed by atoms with E-state index in [0.29, 0.717) is 29.4 Å². The van der Waals surface area contributed by atoms with E-state index in [2.05, 4.69) is 5.32 Å². The molecule has 4 rings (SSSR count). The lowest BCUT2D eigenvalue weighted by Crippen LogP contribution is -2.54. The molecule has 0 aromatic heterocycles. The van der Waals surface area contributed by atoms with Crippen molar-refractivity contribution in [3.8, 4) is 5.75 Å². The quantitative estimate of drug-likeness (QED) is 0.152. The standard InChI is InChI=1S/C36H39ClFN3O5S/c1-4-26(3)39-36(43)34(23-27-10-7-6-8-11-27)40(24-28-12-9-13-29(37)22-28)35(42)25-41(31-16-18-32(19-17-31)46-5-2)47(44,45)33-20-14-30(38)15-21-33/h6-22,26,34H,4-5,23-25H2,1-3H3,(H,39,43)/t26-,34+/m0/s1. The van der Waals surface area contributed by atoms with Gasteiger partial charge in [-0.15, -0.1) is 0 Å². The number of nitrogens with zero attached hydrogens (tertiary/aromatic N) is 2. The van der Waals surface area contributed by atoms with Crippen LogP contribution < -0.4 is 14.4 Å². The van der Waals surface area contributed by atoms with Crippen LogP contribution in [-0.2, 0) is 32.6 Å². The number of hydrogen-bond donors (Lipinski definition) is 1. The van der Waals surface area contributed by atoms with E-state index >= 15 is 0 Å². The number of amides is 2. The third-order valence-corrected chi connectivity index (χ3v) is 9.65. The van der Waals surface area contributed by atoms with Crippen molar-refractivity contribution in [1.29, 1.82) is 0 Å². The summed E-state index contributed by atoms with van der Waals surface area (Å²) < 4.78 is 48.5. The average molecular weight is 680 g/mol. The smallest absolute Gasteiger partial charge is 0.264 e. The number of nitrogens with one attached hydrogen (secondary N) is 1. The summed E-state index contributed by atoms with van der Waals surface area (Å²) in [6.45, 7) is 5.41. The molecule has 1 N–H and O–H groups in total. The molecular formula is C36H39ClFN3O5S. The first kappa shape index (κ1) is 35.4. The lowest BCUT2D eigenvalue weighted by atomic mass is 10.0. The molecule has 11 heteroatoms. The summed E-state index contributed by atoms with van der Waals surface area (Å²) >= 11 is 6.30. The Bertz CT molecular complexity index is 1740. The third-order valence-electron chi connectivity index (χ3n) is 7.63. The summed E-state index contributed by atoms with van der Waals surface area (Å²) in [7, 11) is -4.38. The fourth-order valence-corrected chi connectivity index (χ4v) is 6.59. The summed E-state index contributed by atoms with van der Waals surface area (Å²) in [4.78, 5) is 29.6. The number of rotatable bonds is 15. The minimum absolute atomic E-state index is 0.0153. The molecule has 47 heavy (non-hydrogen) atoms. The SMILES string of the molecule is CCOc1ccc(N(CC(=O)N(Cc2cccc(Cl)c2)[C@H](Cc2ccccc2)C(=O)N[C@@H](C)CC)S(=O)(=O)c2ccc(F)cc2)cc1. The molecule has 2 atom stereocenters. The van der Waals surface area contributed by atoms with Gasteiger partial charge in [-0.1, -0.05) is 61.0 Å². The molecule has 0 bridgehead atoms. The number of hydrogen-bond acceptors (Lipinski definition) is 5. The summed E-state index contributed by atoms with van der Waals surface area (Å²) in [6.07, 6.45) is 0.858. The number of sulfonamides is 1. The second-order valence-electron chi connectivity index (χ2n) is 11.1. The highest BCUT2D eigenvalue weighted by Gasteiger charge is 2.35. The van der Waals surface area contributed by atoms with Crippen LogP contribution >= 0.6 is 11.6 Å². The highest BCUT2D eigenvalue weighted by Crippen LogP contribution is 2.27. The first-order valence-corrected chi connectivity index (χ1v) is 17.2. The molecule has 0 aliphatic heterocycles. The second-order valence-corrected chi connectivity index (χ2v) is 13.4. The summed E-state index contributed by atoms with van der Waals surface area (Å²) in [5.41, 5.74) is 1.68. The fourth-order valence-electron chi connectivity index (χ4n) is 4.96. The molecule has 0 spiro atoms. The van der Waals surface area contributed by atoms with Gasteiger partial charge >= 0.3 is 0 Å². The maximum atomic E-state index is 14.5. The second kappa shape index (κ2) is 16.4. The van der Waals surface area contributed by atoms with Crippen LogP contribution in [0.1, 0.15) is 38.3 Å². The van der Waals surface area contributed by atoms with Crippen molar-refractivity contribution in [2.24, 2.45) is 0 Å². The van der Waals surface area contributed by atoms with E-state index < -0.39 is 34.3 Å². The molecule has 0 saturated carbocycles. The van der Waals surface area contributed by atoms with Crippen molar-refractivity contribution in [3.05, 3.63) is 125 Å². The molecule has 0 heterocycles. The topological polar surface area (TPSA) is 96.0 Å². The molecule has 4 aromatic carbocycles. The third kappa shape index (κ3) is 9.56. The molecule has 0 unspecified atom stereocenters. The van der Waals surface area contributed by atoms with E-state index in [4.69, 9.17) is 16.3 Å². The Kier molecular flexibility index (Phi) is 12.4. The van der Waals surface area contributed by atoms with Crippen LogP contribution in [0.15, 0.2) is 108 Å². The number of halogens is 2. The fraction of sp³-hybridized carbons (Fsp3) is 0.278. The first-order chi connectivity index (χ1) is 22.5. The van der Waals surface area contributed by atoms with E-state index in [1.54, 1.807) is 36.4 Å². The summed E-state index contributed by atoms with van der Waals surface area (Å²) in [5.74, 6) is -1.07. The van der Waals surface area contributed by atoms with E-state index in [0.717, 1.165) is 34.1 Å². The minimum Gasteiger partial charge on any atom is -0.494 e. The van der Waals surface area contributed by atoms with Crippen LogP contribution in [0.2, 0.25) is 5.02 Å². The Morgan fingerprint density at radius 2 is 1.55 bits per heavy atom. The molecule has 0 aliphatic carbocycles. The maximum Gasteiger partial charge on any atom is 0.264 e. The number of anilines is 1. The lowest BCUT2D eigenvalue weighted by Gasteiger charge is -2.34. The zero-order chi connectivity index (χ0) is 34.0. The van der Waals surface area contributed by atoms with Gasteiger partial charge in [0.05, 0.1) is 17.2 Å². The molecular weight excluding hydrogens is 641 g/mol. The monoisotopic (exact) mass is 679 g/mol. The number of carbonyl (C=O) groups excluding carboxylic acids is 2. The average Bonchev–Trinajstić information content (AvgIpc) is 3.06. The van der Waals surface area contributed by atoms with Gasteiger partial charge in [-0.2, -0.15) is 0 Å².